The van der Waals surface area contributed by atoms with Gasteiger partial charge in [0.1, 0.15) is 11.0 Å². The molecule has 1 aromatic carbocycles. The molecular formula is C13H10FN3O3S. The van der Waals surface area contributed by atoms with E-state index in [1.807, 2.05) is 0 Å². The van der Waals surface area contributed by atoms with Gasteiger partial charge in [0.25, 0.3) is 10.0 Å². The van der Waals surface area contributed by atoms with Crippen molar-refractivity contribution >= 4 is 15.7 Å². The number of rotatable bonds is 4. The first-order valence-corrected chi connectivity index (χ1v) is 7.17. The van der Waals surface area contributed by atoms with Gasteiger partial charge in [-0.25, -0.2) is 17.8 Å². The van der Waals surface area contributed by atoms with E-state index in [1.54, 1.807) is 6.07 Å². The van der Waals surface area contributed by atoms with Crippen molar-refractivity contribution in [2.24, 2.45) is 0 Å². The second kappa shape index (κ2) is 5.76. The lowest BCUT2D eigenvalue weighted by molar-refractivity contribution is 0.386. The van der Waals surface area contributed by atoms with E-state index < -0.39 is 15.8 Å². The number of methoxy groups -OCH3 is 1. The van der Waals surface area contributed by atoms with Gasteiger partial charge in [0.05, 0.1) is 12.8 Å². The molecule has 0 saturated carbocycles. The molecule has 0 fully saturated rings. The fourth-order valence-corrected chi connectivity index (χ4v) is 2.79. The van der Waals surface area contributed by atoms with Crippen molar-refractivity contribution in [3.8, 4) is 11.8 Å². The third kappa shape index (κ3) is 3.09. The predicted molar refractivity (Wildman–Crippen MR) is 72.7 cm³/mol. The van der Waals surface area contributed by atoms with Crippen molar-refractivity contribution in [3.05, 3.63) is 48.0 Å². The average Bonchev–Trinajstić information content (AvgIpc) is 2.47. The molecule has 0 spiro atoms. The summed E-state index contributed by atoms with van der Waals surface area (Å²) in [7, 11) is -2.73. The SMILES string of the molecule is COc1ccc(NS(=O)(=O)c2cccnc2C#N)cc1F. The van der Waals surface area contributed by atoms with Crippen LogP contribution in [-0.2, 0) is 10.0 Å². The standard InChI is InChI=1S/C13H10FN3O3S/c1-20-12-5-4-9(7-10(12)14)17-21(18,19)13-3-2-6-16-11(13)8-15/h2-7,17H,1H3. The van der Waals surface area contributed by atoms with Gasteiger partial charge in [-0.1, -0.05) is 0 Å². The zero-order chi connectivity index (χ0) is 15.5. The third-order valence-corrected chi connectivity index (χ3v) is 3.98. The van der Waals surface area contributed by atoms with E-state index in [1.165, 1.54) is 37.6 Å². The number of anilines is 1. The van der Waals surface area contributed by atoms with Crippen molar-refractivity contribution in [2.75, 3.05) is 11.8 Å². The van der Waals surface area contributed by atoms with Crippen LogP contribution in [0.3, 0.4) is 0 Å². The van der Waals surface area contributed by atoms with Crippen LogP contribution >= 0.6 is 0 Å². The summed E-state index contributed by atoms with van der Waals surface area (Å²) in [4.78, 5) is 3.40. The lowest BCUT2D eigenvalue weighted by Gasteiger charge is -2.10. The highest BCUT2D eigenvalue weighted by atomic mass is 32.2. The second-order valence-corrected chi connectivity index (χ2v) is 5.57. The van der Waals surface area contributed by atoms with Gasteiger partial charge in [-0.2, -0.15) is 5.26 Å². The molecule has 0 bridgehead atoms. The Balaban J connectivity index is 2.38. The Kier molecular flexibility index (Phi) is 4.05. The van der Waals surface area contributed by atoms with Crippen LogP contribution in [0.25, 0.3) is 0 Å². The highest BCUT2D eigenvalue weighted by Crippen LogP contribution is 2.23. The number of nitrogens with zero attached hydrogens (tertiary/aromatic N) is 2. The normalized spacial score (nSPS) is 10.7. The summed E-state index contributed by atoms with van der Waals surface area (Å²) in [6, 6.07) is 7.96. The number of sulfonamides is 1. The number of hydrogen-bond donors (Lipinski definition) is 1. The maximum Gasteiger partial charge on any atom is 0.264 e. The molecule has 1 N–H and O–H groups in total. The summed E-state index contributed by atoms with van der Waals surface area (Å²) in [5.41, 5.74) is -0.222. The highest BCUT2D eigenvalue weighted by molar-refractivity contribution is 7.92. The van der Waals surface area contributed by atoms with Gasteiger partial charge in [-0.05, 0) is 24.3 Å². The smallest absolute Gasteiger partial charge is 0.264 e. The third-order valence-electron chi connectivity index (χ3n) is 2.57. The van der Waals surface area contributed by atoms with Crippen molar-refractivity contribution < 1.29 is 17.5 Å². The monoisotopic (exact) mass is 307 g/mol. The van der Waals surface area contributed by atoms with E-state index >= 15 is 0 Å². The first-order valence-electron chi connectivity index (χ1n) is 5.69. The van der Waals surface area contributed by atoms with Gasteiger partial charge >= 0.3 is 0 Å². The molecule has 0 unspecified atom stereocenters. The van der Waals surface area contributed by atoms with E-state index in [-0.39, 0.29) is 22.0 Å². The molecule has 0 atom stereocenters. The van der Waals surface area contributed by atoms with Gasteiger partial charge in [0, 0.05) is 12.3 Å². The van der Waals surface area contributed by atoms with E-state index in [2.05, 4.69) is 9.71 Å². The van der Waals surface area contributed by atoms with Crippen LogP contribution in [0, 0.1) is 17.1 Å². The van der Waals surface area contributed by atoms with Gasteiger partial charge in [-0.15, -0.1) is 0 Å². The lowest BCUT2D eigenvalue weighted by Crippen LogP contribution is -2.15. The zero-order valence-corrected chi connectivity index (χ0v) is 11.7. The minimum Gasteiger partial charge on any atom is -0.494 e. The number of halogens is 1. The Morgan fingerprint density at radius 2 is 2.14 bits per heavy atom. The van der Waals surface area contributed by atoms with Gasteiger partial charge in [-0.3, -0.25) is 4.72 Å². The van der Waals surface area contributed by atoms with Crippen LogP contribution in [0.2, 0.25) is 0 Å². The molecule has 21 heavy (non-hydrogen) atoms. The summed E-state index contributed by atoms with van der Waals surface area (Å²) in [6.07, 6.45) is 1.31. The van der Waals surface area contributed by atoms with Crippen LogP contribution in [-0.4, -0.2) is 20.5 Å². The molecule has 108 valence electrons. The van der Waals surface area contributed by atoms with Crippen molar-refractivity contribution in [3.63, 3.8) is 0 Å². The number of ether oxygens (including phenoxy) is 1. The first-order chi connectivity index (χ1) is 9.97. The Morgan fingerprint density at radius 3 is 2.76 bits per heavy atom. The molecule has 0 saturated heterocycles. The molecule has 8 heteroatoms. The van der Waals surface area contributed by atoms with Gasteiger partial charge < -0.3 is 4.74 Å². The molecule has 0 aliphatic heterocycles. The Labute approximate surface area is 120 Å². The number of pyridine rings is 1. The predicted octanol–water partition coefficient (Wildman–Crippen LogP) is 1.90. The summed E-state index contributed by atoms with van der Waals surface area (Å²) in [6.45, 7) is 0. The molecule has 0 aliphatic rings. The molecular weight excluding hydrogens is 297 g/mol. The maximum absolute atomic E-state index is 13.5. The summed E-state index contributed by atoms with van der Waals surface area (Å²) in [5, 5.41) is 8.88. The molecule has 1 heterocycles. The van der Waals surface area contributed by atoms with Crippen LogP contribution in [0.15, 0.2) is 41.4 Å². The van der Waals surface area contributed by atoms with Crippen molar-refractivity contribution in [1.29, 1.82) is 5.26 Å². The minimum absolute atomic E-state index is 0.00274. The van der Waals surface area contributed by atoms with Gasteiger partial charge in [0.15, 0.2) is 17.3 Å². The maximum atomic E-state index is 13.5. The van der Waals surface area contributed by atoms with E-state index in [0.29, 0.717) is 0 Å². The molecule has 0 radical (unpaired) electrons. The molecule has 6 nitrogen and oxygen atoms in total. The fraction of sp³-hybridized carbons (Fsp3) is 0.0769. The largest absolute Gasteiger partial charge is 0.494 e. The Hall–Kier alpha value is -2.66. The van der Waals surface area contributed by atoms with Crippen molar-refractivity contribution in [1.82, 2.24) is 4.98 Å². The average molecular weight is 307 g/mol. The highest BCUT2D eigenvalue weighted by Gasteiger charge is 2.20. The van der Waals surface area contributed by atoms with Crippen LogP contribution in [0.5, 0.6) is 5.75 Å². The van der Waals surface area contributed by atoms with E-state index in [0.717, 1.165) is 6.07 Å². The Bertz CT molecular complexity index is 816. The summed E-state index contributed by atoms with van der Waals surface area (Å²) < 4.78 is 44.9. The van der Waals surface area contributed by atoms with Gasteiger partial charge in [0.2, 0.25) is 0 Å². The molecule has 2 rings (SSSR count). The van der Waals surface area contributed by atoms with Crippen molar-refractivity contribution in [2.45, 2.75) is 4.90 Å². The number of aromatic nitrogens is 1. The lowest BCUT2D eigenvalue weighted by atomic mass is 10.3. The summed E-state index contributed by atoms with van der Waals surface area (Å²) in [5.74, 6) is -0.707. The molecule has 1 aromatic heterocycles. The fourth-order valence-electron chi connectivity index (χ4n) is 1.63. The van der Waals surface area contributed by atoms with Crippen LogP contribution in [0.4, 0.5) is 10.1 Å². The number of nitrogens with one attached hydrogen (secondary N) is 1. The minimum atomic E-state index is -4.03. The first kappa shape index (κ1) is 14.7. The molecule has 2 aromatic rings. The number of benzene rings is 1. The number of nitriles is 1. The molecule has 0 aliphatic carbocycles. The van der Waals surface area contributed by atoms with E-state index in [4.69, 9.17) is 10.00 Å². The molecule has 0 amide bonds. The zero-order valence-electron chi connectivity index (χ0n) is 10.9. The van der Waals surface area contributed by atoms with Crippen LogP contribution in [0.1, 0.15) is 5.69 Å². The second-order valence-electron chi connectivity index (χ2n) is 3.92. The summed E-state index contributed by atoms with van der Waals surface area (Å²) >= 11 is 0. The van der Waals surface area contributed by atoms with E-state index in [9.17, 15) is 12.8 Å². The Morgan fingerprint density at radius 1 is 1.38 bits per heavy atom. The number of hydrogen-bond acceptors (Lipinski definition) is 5. The topological polar surface area (TPSA) is 92.1 Å². The van der Waals surface area contributed by atoms with Crippen LogP contribution < -0.4 is 9.46 Å². The quantitative estimate of drug-likeness (QED) is 0.931.